The fourth-order valence-corrected chi connectivity index (χ4v) is 7.65. The molecule has 6 aromatic rings. The van der Waals surface area contributed by atoms with Crippen molar-refractivity contribution < 1.29 is 19.4 Å². The first-order chi connectivity index (χ1) is 24.5. The molecule has 2 aromatic carbocycles. The quantitative estimate of drug-likeness (QED) is 0.101. The second-order valence-corrected chi connectivity index (χ2v) is 15.3. The molecule has 0 aliphatic rings. The van der Waals surface area contributed by atoms with Crippen LogP contribution in [0.3, 0.4) is 0 Å². The van der Waals surface area contributed by atoms with Gasteiger partial charge in [-0.15, -0.1) is 10.2 Å². The zero-order valence-electron chi connectivity index (χ0n) is 28.1. The molecule has 1 atom stereocenters. The summed E-state index contributed by atoms with van der Waals surface area (Å²) in [6, 6.07) is 20.0. The maximum atomic E-state index is 10.9. The lowest BCUT2D eigenvalue weighted by molar-refractivity contribution is 0.112. The van der Waals surface area contributed by atoms with Crippen LogP contribution in [0.2, 0.25) is 0 Å². The van der Waals surface area contributed by atoms with Crippen LogP contribution in [0.4, 0.5) is 0 Å². The molecule has 4 aromatic heterocycles. The molecule has 12 nitrogen and oxygen atoms in total. The van der Waals surface area contributed by atoms with Gasteiger partial charge in [0.15, 0.2) is 6.29 Å². The Labute approximate surface area is 354 Å². The molecule has 1 unspecified atom stereocenters. The molecule has 17 heteroatoms. The zero-order chi connectivity index (χ0) is 37.1. The number of aliphatic hydroxyl groups is 1. The fourth-order valence-electron chi connectivity index (χ4n) is 4.51. The largest absolute Gasteiger partial charge is 0.471 e. The fraction of sp³-hybridized carbons (Fsp3) is 0.265. The SMILES string of the molecule is CCn1nc(OCc2ccccc2)c(C(O)c2cn(C)nc2I)c1Br.CCn1nc(OCc2ccccc2)c(I)c1Br.Cn1cc(C=O)c(I)n1. The number of rotatable bonds is 11. The molecule has 0 spiro atoms. The van der Waals surface area contributed by atoms with Crippen molar-refractivity contribution >= 4 is 106 Å². The Kier molecular flexibility index (Phi) is 16.4. The van der Waals surface area contributed by atoms with Crippen LogP contribution in [-0.2, 0) is 40.4 Å². The van der Waals surface area contributed by atoms with Gasteiger partial charge in [-0.3, -0.25) is 23.5 Å². The van der Waals surface area contributed by atoms with E-state index in [1.165, 1.54) is 0 Å². The van der Waals surface area contributed by atoms with Gasteiger partial charge in [-0.05, 0) is 125 Å². The van der Waals surface area contributed by atoms with E-state index in [0.717, 1.165) is 45.1 Å². The van der Waals surface area contributed by atoms with E-state index in [9.17, 15) is 9.90 Å². The van der Waals surface area contributed by atoms with E-state index < -0.39 is 6.10 Å². The van der Waals surface area contributed by atoms with Gasteiger partial charge in [-0.2, -0.15) is 10.2 Å². The van der Waals surface area contributed by atoms with Crippen molar-refractivity contribution in [1.29, 1.82) is 0 Å². The van der Waals surface area contributed by atoms with Crippen LogP contribution >= 0.6 is 99.6 Å². The van der Waals surface area contributed by atoms with Gasteiger partial charge in [-0.1, -0.05) is 60.7 Å². The summed E-state index contributed by atoms with van der Waals surface area (Å²) in [5.74, 6) is 1.10. The predicted octanol–water partition coefficient (Wildman–Crippen LogP) is 8.35. The van der Waals surface area contributed by atoms with Crippen molar-refractivity contribution in [2.75, 3.05) is 0 Å². The van der Waals surface area contributed by atoms with E-state index in [-0.39, 0.29) is 0 Å². The Bertz CT molecular complexity index is 2020. The topological polar surface area (TPSA) is 127 Å². The van der Waals surface area contributed by atoms with Crippen molar-refractivity contribution in [2.45, 2.75) is 46.3 Å². The maximum Gasteiger partial charge on any atom is 0.247 e. The van der Waals surface area contributed by atoms with Gasteiger partial charge in [-0.25, -0.2) is 0 Å². The number of halogens is 5. The standard InChI is InChI=1S/C17H18BrIN4O2.C12H12BrIN2O.C5H5IN2O/c1-3-23-15(18)13(14(24)12-9-22(2)20-16(12)19)17(21-23)25-10-11-7-5-4-6-8-11;1-2-16-11(13)10(14)12(15-16)17-8-9-6-4-3-5-7-9;1-8-2-4(3-9)5(6)7-8/h4-9,14,24H,3,10H2,1-2H3;3-7H,2,8H2,1H3;2-3H,1H3. The van der Waals surface area contributed by atoms with E-state index in [4.69, 9.17) is 9.47 Å². The lowest BCUT2D eigenvalue weighted by atomic mass is 10.1. The lowest BCUT2D eigenvalue weighted by Crippen LogP contribution is -2.04. The molecule has 0 saturated heterocycles. The van der Waals surface area contributed by atoms with Crippen molar-refractivity contribution in [3.8, 4) is 11.8 Å². The van der Waals surface area contributed by atoms with Crippen LogP contribution in [0.15, 0.2) is 82.3 Å². The molecule has 0 aliphatic carbocycles. The number of hydrogen-bond donors (Lipinski definition) is 1. The number of aromatic nitrogens is 8. The number of benzene rings is 2. The summed E-state index contributed by atoms with van der Waals surface area (Å²) in [5, 5.41) is 28.1. The molecule has 0 aliphatic heterocycles. The highest BCUT2D eigenvalue weighted by atomic mass is 127. The van der Waals surface area contributed by atoms with Crippen molar-refractivity contribution in [1.82, 2.24) is 39.1 Å². The summed E-state index contributed by atoms with van der Waals surface area (Å²) in [4.78, 5) is 10.2. The number of nitrogens with zero attached hydrogens (tertiary/aromatic N) is 8. The predicted molar refractivity (Wildman–Crippen MR) is 227 cm³/mol. The van der Waals surface area contributed by atoms with E-state index in [2.05, 4.69) is 104 Å². The summed E-state index contributed by atoms with van der Waals surface area (Å²) < 4.78 is 22.8. The summed E-state index contributed by atoms with van der Waals surface area (Å²) >= 11 is 13.4. The smallest absolute Gasteiger partial charge is 0.247 e. The minimum Gasteiger partial charge on any atom is -0.471 e. The van der Waals surface area contributed by atoms with Crippen molar-refractivity contribution in [3.05, 3.63) is 121 Å². The summed E-state index contributed by atoms with van der Waals surface area (Å²) in [6.45, 7) is 6.46. The number of carbonyl (C=O) groups excluding carboxylic acids is 1. The van der Waals surface area contributed by atoms with Gasteiger partial charge < -0.3 is 14.6 Å². The van der Waals surface area contributed by atoms with Crippen LogP contribution in [0, 0.1) is 11.0 Å². The van der Waals surface area contributed by atoms with Crippen LogP contribution in [0.5, 0.6) is 11.8 Å². The number of aldehydes is 1. The molecule has 4 heterocycles. The second kappa shape index (κ2) is 20.2. The van der Waals surface area contributed by atoms with E-state index in [0.29, 0.717) is 47.2 Å². The third kappa shape index (κ3) is 11.3. The van der Waals surface area contributed by atoms with Gasteiger partial charge >= 0.3 is 0 Å². The van der Waals surface area contributed by atoms with Crippen LogP contribution < -0.4 is 9.47 Å². The Morgan fingerprint density at radius 3 is 1.67 bits per heavy atom. The third-order valence-corrected chi connectivity index (χ3v) is 12.1. The van der Waals surface area contributed by atoms with E-state index in [1.807, 2.05) is 108 Å². The van der Waals surface area contributed by atoms with E-state index >= 15 is 0 Å². The summed E-state index contributed by atoms with van der Waals surface area (Å²) in [5.41, 5.74) is 4.18. The van der Waals surface area contributed by atoms with E-state index in [1.54, 1.807) is 27.3 Å². The monoisotopic (exact) mass is 1160 g/mol. The number of aryl methyl sites for hydroxylation is 4. The molecular formula is C34H35Br2I3N8O4. The van der Waals surface area contributed by atoms with Gasteiger partial charge in [0, 0.05) is 45.1 Å². The minimum atomic E-state index is -0.874. The minimum absolute atomic E-state index is 0.387. The number of carbonyl (C=O) groups is 1. The average Bonchev–Trinajstić information content (AvgIpc) is 3.85. The van der Waals surface area contributed by atoms with Crippen LogP contribution in [0.25, 0.3) is 0 Å². The number of aliphatic hydroxyl groups excluding tert-OH is 1. The molecule has 0 saturated carbocycles. The lowest BCUT2D eigenvalue weighted by Gasteiger charge is -2.11. The molecular weight excluding hydrogens is 1120 g/mol. The van der Waals surface area contributed by atoms with Gasteiger partial charge in [0.1, 0.15) is 39.5 Å². The molecule has 51 heavy (non-hydrogen) atoms. The summed E-state index contributed by atoms with van der Waals surface area (Å²) in [7, 11) is 3.62. The first-order valence-electron chi connectivity index (χ1n) is 15.5. The molecule has 270 valence electrons. The Morgan fingerprint density at radius 2 is 1.24 bits per heavy atom. The average molecular weight is 1160 g/mol. The normalized spacial score (nSPS) is 11.3. The molecule has 1 N–H and O–H groups in total. The van der Waals surface area contributed by atoms with Crippen LogP contribution in [-0.4, -0.2) is 50.5 Å². The second-order valence-electron chi connectivity index (χ2n) is 10.7. The first kappa shape index (κ1) is 41.4. The number of ether oxygens (including phenoxy) is 2. The first-order valence-corrected chi connectivity index (χ1v) is 20.3. The molecule has 0 amide bonds. The highest BCUT2D eigenvalue weighted by molar-refractivity contribution is 14.1. The third-order valence-electron chi connectivity index (χ3n) is 7.05. The highest BCUT2D eigenvalue weighted by Gasteiger charge is 2.27. The zero-order valence-corrected chi connectivity index (χ0v) is 37.7. The van der Waals surface area contributed by atoms with Gasteiger partial charge in [0.05, 0.1) is 11.1 Å². The Hall–Kier alpha value is -2.34. The maximum absolute atomic E-state index is 10.9. The van der Waals surface area contributed by atoms with Crippen molar-refractivity contribution in [3.63, 3.8) is 0 Å². The summed E-state index contributed by atoms with van der Waals surface area (Å²) in [6.07, 6.45) is 3.42. The Morgan fingerprint density at radius 1 is 0.745 bits per heavy atom. The Balaban J connectivity index is 0.000000192. The molecule has 6 rings (SSSR count). The van der Waals surface area contributed by atoms with Crippen LogP contribution in [0.1, 0.15) is 52.6 Å². The van der Waals surface area contributed by atoms with Gasteiger partial charge in [0.2, 0.25) is 11.8 Å². The van der Waals surface area contributed by atoms with Gasteiger partial charge in [0.25, 0.3) is 0 Å². The molecule has 0 fully saturated rings. The highest BCUT2D eigenvalue weighted by Crippen LogP contribution is 2.37. The molecule has 0 bridgehead atoms. The number of hydrogen-bond acceptors (Lipinski definition) is 8. The molecule has 0 radical (unpaired) electrons. The van der Waals surface area contributed by atoms with Crippen molar-refractivity contribution in [2.24, 2.45) is 14.1 Å².